The van der Waals surface area contributed by atoms with Crippen LogP contribution >= 0.6 is 0 Å². The number of nitrogens with zero attached hydrogens (tertiary/aromatic N) is 2. The summed E-state index contributed by atoms with van der Waals surface area (Å²) in [6.45, 7) is 0. The minimum Gasteiger partial charge on any atom is -0.403 e. The monoisotopic (exact) mass is 622 g/mol. The van der Waals surface area contributed by atoms with Crippen LogP contribution in [-0.2, 0) is 0 Å². The zero-order valence-electron chi connectivity index (χ0n) is 25.5. The molecule has 0 unspecified atom stereocenters. The molecule has 0 N–H and O–H groups in total. The second-order valence-corrected chi connectivity index (χ2v) is 11.4. The highest BCUT2D eigenvalue weighted by Crippen LogP contribution is 2.26. The maximum Gasteiger partial charge on any atom is 0.347 e. The number of benzene rings is 6. The van der Waals surface area contributed by atoms with Gasteiger partial charge in [-0.05, 0) is 81.9 Å². The largest absolute Gasteiger partial charge is 0.403 e. The molecule has 0 aliphatic carbocycles. The Balaban J connectivity index is 0.982. The minimum absolute atomic E-state index is 0.275. The van der Waals surface area contributed by atoms with Crippen molar-refractivity contribution in [2.24, 2.45) is 0 Å². The van der Waals surface area contributed by atoms with Gasteiger partial charge in [0.1, 0.15) is 0 Å². The smallest absolute Gasteiger partial charge is 0.347 e. The van der Waals surface area contributed by atoms with Gasteiger partial charge in [-0.15, -0.1) is 0 Å². The van der Waals surface area contributed by atoms with Gasteiger partial charge in [-0.3, -0.25) is 0 Å². The van der Waals surface area contributed by atoms with Crippen molar-refractivity contribution in [2.75, 3.05) is 0 Å². The molecule has 8 rings (SSSR count). The predicted molar refractivity (Wildman–Crippen MR) is 191 cm³/mol. The predicted octanol–water partition coefficient (Wildman–Crippen LogP) is 9.53. The molecule has 228 valence electrons. The number of hydrogen-bond donors (Lipinski definition) is 0. The molecule has 0 saturated carbocycles. The maximum absolute atomic E-state index is 12.9. The highest BCUT2D eigenvalue weighted by Gasteiger charge is 2.12. The van der Waals surface area contributed by atoms with E-state index in [0.29, 0.717) is 32.9 Å². The topological polar surface area (TPSA) is 86.2 Å². The molecule has 0 bridgehead atoms. The number of fused-ring (bicyclic) bond motifs is 2. The highest BCUT2D eigenvalue weighted by molar-refractivity contribution is 5.86. The van der Waals surface area contributed by atoms with Crippen molar-refractivity contribution < 1.29 is 8.83 Å². The van der Waals surface area contributed by atoms with Crippen LogP contribution in [0.5, 0.6) is 0 Å². The molecule has 0 aliphatic rings. The van der Waals surface area contributed by atoms with Gasteiger partial charge in [-0.2, -0.15) is 0 Å². The van der Waals surface area contributed by atoms with Crippen LogP contribution in [0.15, 0.2) is 164 Å². The van der Waals surface area contributed by atoms with Crippen molar-refractivity contribution >= 4 is 34.0 Å². The highest BCUT2D eigenvalue weighted by atomic mass is 16.4. The van der Waals surface area contributed by atoms with E-state index in [1.54, 1.807) is 0 Å². The van der Waals surface area contributed by atoms with Crippen molar-refractivity contribution in [2.45, 2.75) is 0 Å². The van der Waals surface area contributed by atoms with Crippen LogP contribution in [0.4, 0.5) is 0 Å². The number of aromatic nitrogens is 2. The molecular formula is C42H26N2O4. The SMILES string of the molecule is O=c1oc(-c2ccc(/C=C/c3ccc(-c4nc5ccc(-c6ccccc6)cc5c(=O)o4)cc3)cc2)nc2ccc(-c3ccccc3)cc12. The van der Waals surface area contributed by atoms with E-state index < -0.39 is 11.3 Å². The first-order valence-electron chi connectivity index (χ1n) is 15.5. The molecule has 6 heteroatoms. The zero-order chi connectivity index (χ0) is 32.5. The second kappa shape index (κ2) is 12.3. The van der Waals surface area contributed by atoms with E-state index in [9.17, 15) is 9.59 Å². The molecule has 0 fully saturated rings. The van der Waals surface area contributed by atoms with Crippen molar-refractivity contribution in [1.29, 1.82) is 0 Å². The Morgan fingerprint density at radius 2 is 0.771 bits per heavy atom. The molecule has 2 heterocycles. The van der Waals surface area contributed by atoms with Gasteiger partial charge in [-0.25, -0.2) is 19.6 Å². The third-order valence-electron chi connectivity index (χ3n) is 8.25. The average Bonchev–Trinajstić information content (AvgIpc) is 3.15. The van der Waals surface area contributed by atoms with Crippen LogP contribution in [0.3, 0.4) is 0 Å². The number of hydrogen-bond acceptors (Lipinski definition) is 6. The lowest BCUT2D eigenvalue weighted by Crippen LogP contribution is -2.03. The van der Waals surface area contributed by atoms with E-state index in [0.717, 1.165) is 33.4 Å². The van der Waals surface area contributed by atoms with Crippen LogP contribution in [0, 0.1) is 0 Å². The number of rotatable bonds is 6. The van der Waals surface area contributed by atoms with Gasteiger partial charge in [0.25, 0.3) is 0 Å². The van der Waals surface area contributed by atoms with E-state index in [4.69, 9.17) is 8.83 Å². The molecule has 0 radical (unpaired) electrons. The summed E-state index contributed by atoms with van der Waals surface area (Å²) in [5.41, 5.74) is 7.61. The van der Waals surface area contributed by atoms with Gasteiger partial charge in [0.05, 0.1) is 21.8 Å². The van der Waals surface area contributed by atoms with Gasteiger partial charge >= 0.3 is 11.3 Å². The van der Waals surface area contributed by atoms with Crippen molar-refractivity contribution in [1.82, 2.24) is 9.97 Å². The van der Waals surface area contributed by atoms with E-state index >= 15 is 0 Å². The Labute approximate surface area is 274 Å². The molecule has 0 amide bonds. The van der Waals surface area contributed by atoms with Crippen molar-refractivity contribution in [3.63, 3.8) is 0 Å². The third-order valence-corrected chi connectivity index (χ3v) is 8.25. The van der Waals surface area contributed by atoms with Gasteiger partial charge in [-0.1, -0.05) is 109 Å². The van der Waals surface area contributed by atoms with Gasteiger partial charge in [0, 0.05) is 11.1 Å². The fraction of sp³-hybridized carbons (Fsp3) is 0. The van der Waals surface area contributed by atoms with Crippen LogP contribution in [-0.4, -0.2) is 9.97 Å². The summed E-state index contributed by atoms with van der Waals surface area (Å²) in [5, 5.41) is 0.892. The lowest BCUT2D eigenvalue weighted by Gasteiger charge is -2.05. The second-order valence-electron chi connectivity index (χ2n) is 11.4. The fourth-order valence-corrected chi connectivity index (χ4v) is 5.68. The molecule has 6 aromatic carbocycles. The maximum atomic E-state index is 12.9. The first-order chi connectivity index (χ1) is 23.6. The lowest BCUT2D eigenvalue weighted by atomic mass is 10.0. The Kier molecular flexibility index (Phi) is 7.36. The molecule has 48 heavy (non-hydrogen) atoms. The molecule has 2 aromatic heterocycles. The lowest BCUT2D eigenvalue weighted by molar-refractivity contribution is 0.518. The van der Waals surface area contributed by atoms with Crippen molar-refractivity contribution in [3.05, 3.63) is 178 Å². The van der Waals surface area contributed by atoms with Gasteiger partial charge < -0.3 is 8.83 Å². The summed E-state index contributed by atoms with van der Waals surface area (Å²) < 4.78 is 11.2. The Hall–Kier alpha value is -6.66. The molecular weight excluding hydrogens is 596 g/mol. The first kappa shape index (κ1) is 28.8. The Morgan fingerprint density at radius 3 is 1.17 bits per heavy atom. The average molecular weight is 623 g/mol. The third kappa shape index (κ3) is 5.74. The summed E-state index contributed by atoms with van der Waals surface area (Å²) in [6, 6.07) is 46.4. The quantitative estimate of drug-likeness (QED) is 0.172. The van der Waals surface area contributed by atoms with Crippen LogP contribution < -0.4 is 11.3 Å². The van der Waals surface area contributed by atoms with E-state index in [2.05, 4.69) is 9.97 Å². The summed E-state index contributed by atoms with van der Waals surface area (Å²) in [7, 11) is 0. The van der Waals surface area contributed by atoms with E-state index in [1.165, 1.54) is 0 Å². The molecule has 6 nitrogen and oxygen atoms in total. The van der Waals surface area contributed by atoms with Crippen LogP contribution in [0.1, 0.15) is 11.1 Å². The summed E-state index contributed by atoms with van der Waals surface area (Å²) in [6.07, 6.45) is 3.99. The Bertz CT molecular complexity index is 2390. The molecule has 0 spiro atoms. The van der Waals surface area contributed by atoms with Crippen molar-refractivity contribution in [3.8, 4) is 45.2 Å². The standard InChI is InChI=1S/C42H26N2O4/c45-41-35-25-33(29-7-3-1-4-8-29)21-23-37(35)43-39(47-41)31-17-13-27(14-18-31)11-12-28-15-19-32(20-16-28)40-44-38-24-22-34(26-36(38)42(46)48-40)30-9-5-2-6-10-30/h1-26H/b12-11+. The molecule has 8 aromatic rings. The molecule has 0 saturated heterocycles. The molecule has 0 aliphatic heterocycles. The normalized spacial score (nSPS) is 11.4. The Morgan fingerprint density at radius 1 is 0.396 bits per heavy atom. The summed E-state index contributed by atoms with van der Waals surface area (Å²) in [5.74, 6) is 0.549. The van der Waals surface area contributed by atoms with Crippen LogP contribution in [0.2, 0.25) is 0 Å². The fourth-order valence-electron chi connectivity index (χ4n) is 5.68. The summed E-state index contributed by atoms with van der Waals surface area (Å²) >= 11 is 0. The molecule has 0 atom stereocenters. The zero-order valence-corrected chi connectivity index (χ0v) is 25.5. The van der Waals surface area contributed by atoms with Gasteiger partial charge in [0.15, 0.2) is 0 Å². The van der Waals surface area contributed by atoms with Crippen LogP contribution in [0.25, 0.3) is 79.1 Å². The van der Waals surface area contributed by atoms with E-state index in [-0.39, 0.29) is 11.8 Å². The van der Waals surface area contributed by atoms with E-state index in [1.807, 2.05) is 158 Å². The first-order valence-corrected chi connectivity index (χ1v) is 15.5. The summed E-state index contributed by atoms with van der Waals surface area (Å²) in [4.78, 5) is 35.0. The van der Waals surface area contributed by atoms with Gasteiger partial charge in [0.2, 0.25) is 11.8 Å². The minimum atomic E-state index is -0.421.